The number of para-hydroxylation sites is 1. The number of hydrogen-bond donors (Lipinski definition) is 1. The second-order valence-electron chi connectivity index (χ2n) is 5.77. The molecule has 18 heavy (non-hydrogen) atoms. The lowest BCUT2D eigenvalue weighted by Gasteiger charge is -2.26. The summed E-state index contributed by atoms with van der Waals surface area (Å²) in [5.41, 5.74) is 6.88. The summed E-state index contributed by atoms with van der Waals surface area (Å²) in [7, 11) is -1.70. The standard InChI is InChI=1S/C13H22N2O2S/c1-13(2,3)10-15(4)18(16,17)9-11-7-5-6-8-12(11)14/h5-8H,9-10,14H2,1-4H3. The highest BCUT2D eigenvalue weighted by Crippen LogP contribution is 2.20. The molecule has 0 aliphatic rings. The second-order valence-corrected chi connectivity index (χ2v) is 7.85. The van der Waals surface area contributed by atoms with Crippen molar-refractivity contribution in [1.29, 1.82) is 0 Å². The molecule has 0 unspecified atom stereocenters. The van der Waals surface area contributed by atoms with Gasteiger partial charge in [0.05, 0.1) is 5.75 Å². The number of nitrogen functional groups attached to an aromatic ring is 1. The Morgan fingerprint density at radius 1 is 1.22 bits per heavy atom. The minimum atomic E-state index is -3.32. The molecule has 0 aliphatic carbocycles. The Balaban J connectivity index is 2.86. The Morgan fingerprint density at radius 3 is 2.28 bits per heavy atom. The van der Waals surface area contributed by atoms with Gasteiger partial charge in [-0.05, 0) is 17.0 Å². The van der Waals surface area contributed by atoms with E-state index >= 15 is 0 Å². The molecule has 0 radical (unpaired) electrons. The molecule has 0 amide bonds. The van der Waals surface area contributed by atoms with Crippen LogP contribution in [0.5, 0.6) is 0 Å². The van der Waals surface area contributed by atoms with Gasteiger partial charge in [-0.3, -0.25) is 0 Å². The molecule has 0 atom stereocenters. The third kappa shape index (κ3) is 4.31. The molecule has 0 aromatic heterocycles. The summed E-state index contributed by atoms with van der Waals surface area (Å²) in [6.07, 6.45) is 0. The number of rotatable bonds is 4. The maximum Gasteiger partial charge on any atom is 0.218 e. The van der Waals surface area contributed by atoms with Gasteiger partial charge in [0.25, 0.3) is 0 Å². The van der Waals surface area contributed by atoms with Gasteiger partial charge in [-0.15, -0.1) is 0 Å². The number of nitrogens with zero attached hydrogens (tertiary/aromatic N) is 1. The van der Waals surface area contributed by atoms with Crippen LogP contribution in [-0.4, -0.2) is 26.3 Å². The van der Waals surface area contributed by atoms with Crippen molar-refractivity contribution in [3.8, 4) is 0 Å². The summed E-state index contributed by atoms with van der Waals surface area (Å²) < 4.78 is 25.8. The molecule has 1 aromatic rings. The average Bonchev–Trinajstić information content (AvgIpc) is 2.18. The van der Waals surface area contributed by atoms with Gasteiger partial charge in [-0.25, -0.2) is 12.7 Å². The van der Waals surface area contributed by atoms with E-state index in [2.05, 4.69) is 0 Å². The van der Waals surface area contributed by atoms with E-state index in [0.29, 0.717) is 17.8 Å². The van der Waals surface area contributed by atoms with E-state index in [0.717, 1.165) is 0 Å². The lowest BCUT2D eigenvalue weighted by molar-refractivity contribution is 0.310. The van der Waals surface area contributed by atoms with Crippen LogP contribution in [0, 0.1) is 5.41 Å². The number of anilines is 1. The predicted molar refractivity (Wildman–Crippen MR) is 75.6 cm³/mol. The zero-order chi connectivity index (χ0) is 14.0. The van der Waals surface area contributed by atoms with E-state index in [4.69, 9.17) is 5.73 Å². The summed E-state index contributed by atoms with van der Waals surface area (Å²) in [5.74, 6) is -0.0494. The first-order chi connectivity index (χ1) is 8.12. The van der Waals surface area contributed by atoms with Crippen LogP contribution in [0.2, 0.25) is 0 Å². The van der Waals surface area contributed by atoms with Crippen molar-refractivity contribution in [3.05, 3.63) is 29.8 Å². The van der Waals surface area contributed by atoms with Crippen LogP contribution in [0.25, 0.3) is 0 Å². The molecule has 0 saturated heterocycles. The third-order valence-corrected chi connectivity index (χ3v) is 4.32. The van der Waals surface area contributed by atoms with Gasteiger partial charge in [0, 0.05) is 19.3 Å². The maximum absolute atomic E-state index is 12.2. The van der Waals surface area contributed by atoms with Gasteiger partial charge >= 0.3 is 0 Å². The van der Waals surface area contributed by atoms with Crippen LogP contribution in [0.3, 0.4) is 0 Å². The van der Waals surface area contributed by atoms with E-state index in [-0.39, 0.29) is 11.2 Å². The van der Waals surface area contributed by atoms with Crippen molar-refractivity contribution in [3.63, 3.8) is 0 Å². The van der Waals surface area contributed by atoms with E-state index in [1.807, 2.05) is 20.8 Å². The molecule has 1 rings (SSSR count). The topological polar surface area (TPSA) is 63.4 Å². The first-order valence-electron chi connectivity index (χ1n) is 5.89. The lowest BCUT2D eigenvalue weighted by Crippen LogP contribution is -2.35. The van der Waals surface area contributed by atoms with Crippen LogP contribution in [0.15, 0.2) is 24.3 Å². The largest absolute Gasteiger partial charge is 0.398 e. The van der Waals surface area contributed by atoms with Crippen molar-refractivity contribution in [2.75, 3.05) is 19.3 Å². The van der Waals surface area contributed by atoms with Crippen molar-refractivity contribution < 1.29 is 8.42 Å². The van der Waals surface area contributed by atoms with Crippen LogP contribution in [0.4, 0.5) is 5.69 Å². The monoisotopic (exact) mass is 270 g/mol. The zero-order valence-corrected chi connectivity index (χ0v) is 12.3. The number of hydrogen-bond acceptors (Lipinski definition) is 3. The molecule has 0 aliphatic heterocycles. The summed E-state index contributed by atoms with van der Waals surface area (Å²) in [4.78, 5) is 0. The van der Waals surface area contributed by atoms with E-state index in [1.165, 1.54) is 4.31 Å². The van der Waals surface area contributed by atoms with Gasteiger partial charge in [-0.2, -0.15) is 0 Å². The first kappa shape index (κ1) is 15.0. The Kier molecular flexibility index (Phi) is 4.40. The molecule has 4 nitrogen and oxygen atoms in total. The van der Waals surface area contributed by atoms with E-state index < -0.39 is 10.0 Å². The first-order valence-corrected chi connectivity index (χ1v) is 7.50. The predicted octanol–water partition coefficient (Wildman–Crippen LogP) is 2.08. The molecule has 2 N–H and O–H groups in total. The molecule has 0 heterocycles. The van der Waals surface area contributed by atoms with Crippen molar-refractivity contribution in [2.45, 2.75) is 26.5 Å². The van der Waals surface area contributed by atoms with Crippen LogP contribution < -0.4 is 5.73 Å². The minimum absolute atomic E-state index is 0.0494. The smallest absolute Gasteiger partial charge is 0.218 e. The van der Waals surface area contributed by atoms with Crippen LogP contribution in [0.1, 0.15) is 26.3 Å². The van der Waals surface area contributed by atoms with Gasteiger partial charge in [0.2, 0.25) is 10.0 Å². The fourth-order valence-corrected chi connectivity index (χ4v) is 3.20. The minimum Gasteiger partial charge on any atom is -0.398 e. The Bertz CT molecular complexity index is 504. The highest BCUT2D eigenvalue weighted by molar-refractivity contribution is 7.88. The summed E-state index contributed by atoms with van der Waals surface area (Å²) in [5, 5.41) is 0. The highest BCUT2D eigenvalue weighted by atomic mass is 32.2. The normalized spacial score (nSPS) is 12.9. The average molecular weight is 270 g/mol. The summed E-state index contributed by atoms with van der Waals surface area (Å²) >= 11 is 0. The molecule has 102 valence electrons. The van der Waals surface area contributed by atoms with Crippen LogP contribution in [-0.2, 0) is 15.8 Å². The molecule has 0 saturated carbocycles. The molecule has 0 bridgehead atoms. The van der Waals surface area contributed by atoms with Gasteiger partial charge in [-0.1, -0.05) is 39.0 Å². The number of benzene rings is 1. The van der Waals surface area contributed by atoms with Gasteiger partial charge in [0.15, 0.2) is 0 Å². The van der Waals surface area contributed by atoms with Crippen molar-refractivity contribution in [1.82, 2.24) is 4.31 Å². The highest BCUT2D eigenvalue weighted by Gasteiger charge is 2.24. The molecular formula is C13H22N2O2S. The number of nitrogens with two attached hydrogens (primary N) is 1. The van der Waals surface area contributed by atoms with Crippen LogP contribution >= 0.6 is 0 Å². The zero-order valence-electron chi connectivity index (χ0n) is 11.5. The number of sulfonamides is 1. The van der Waals surface area contributed by atoms with E-state index in [9.17, 15) is 8.42 Å². The SMILES string of the molecule is CN(CC(C)(C)C)S(=O)(=O)Cc1ccccc1N. The fraction of sp³-hybridized carbons (Fsp3) is 0.538. The Labute approximate surface area is 110 Å². The summed E-state index contributed by atoms with van der Waals surface area (Å²) in [6, 6.07) is 7.06. The van der Waals surface area contributed by atoms with Gasteiger partial charge < -0.3 is 5.73 Å². The van der Waals surface area contributed by atoms with Crippen molar-refractivity contribution in [2.24, 2.45) is 5.41 Å². The second kappa shape index (κ2) is 5.28. The Morgan fingerprint density at radius 2 is 1.78 bits per heavy atom. The molecule has 5 heteroatoms. The summed E-state index contributed by atoms with van der Waals surface area (Å²) in [6.45, 7) is 6.52. The lowest BCUT2D eigenvalue weighted by atomic mass is 9.97. The van der Waals surface area contributed by atoms with Gasteiger partial charge in [0.1, 0.15) is 0 Å². The quantitative estimate of drug-likeness (QED) is 0.852. The molecule has 0 spiro atoms. The molecule has 0 fully saturated rings. The van der Waals surface area contributed by atoms with E-state index in [1.54, 1.807) is 31.3 Å². The molecule has 1 aromatic carbocycles. The fourth-order valence-electron chi connectivity index (χ4n) is 1.74. The van der Waals surface area contributed by atoms with Crippen molar-refractivity contribution >= 4 is 15.7 Å². The third-order valence-electron chi connectivity index (χ3n) is 2.56. The Hall–Kier alpha value is -1.07. The maximum atomic E-state index is 12.2. The molecular weight excluding hydrogens is 248 g/mol.